The first kappa shape index (κ1) is 29.8. The summed E-state index contributed by atoms with van der Waals surface area (Å²) < 4.78 is 24.7. The summed E-state index contributed by atoms with van der Waals surface area (Å²) in [7, 11) is -3.53. The molecule has 1 aliphatic rings. The molecule has 0 saturated carbocycles. The lowest BCUT2D eigenvalue weighted by atomic mass is 10.00. The standard InChI is InChI=1S/C32H40N3O4P/c1-5-20-35(21-6-2)23-24-14-16-26(17-15-24)33-31(25-12-10-9-11-13-25)30-28-22-27(18-19-29(28)34-32(30)36)40(37,38-7-3)39-8-4/h9-19,22,33H,5-8,20-21,23H2,1-4H3,(H,34,36)/b31-30-. The van der Waals surface area contributed by atoms with Crippen molar-refractivity contribution in [2.24, 2.45) is 0 Å². The lowest BCUT2D eigenvalue weighted by molar-refractivity contribution is -0.110. The van der Waals surface area contributed by atoms with Crippen molar-refractivity contribution in [1.82, 2.24) is 4.90 Å². The van der Waals surface area contributed by atoms with Crippen molar-refractivity contribution in [2.45, 2.75) is 47.1 Å². The van der Waals surface area contributed by atoms with Crippen LogP contribution in [0.5, 0.6) is 0 Å². The van der Waals surface area contributed by atoms with Crippen molar-refractivity contribution in [3.05, 3.63) is 89.5 Å². The monoisotopic (exact) mass is 561 g/mol. The van der Waals surface area contributed by atoms with Crippen molar-refractivity contribution >= 4 is 41.5 Å². The molecule has 0 radical (unpaired) electrons. The highest BCUT2D eigenvalue weighted by Crippen LogP contribution is 2.48. The number of hydrogen-bond acceptors (Lipinski definition) is 6. The number of amides is 1. The van der Waals surface area contributed by atoms with Crippen molar-refractivity contribution in [3.8, 4) is 0 Å². The van der Waals surface area contributed by atoms with Crippen LogP contribution in [0.1, 0.15) is 57.2 Å². The Kier molecular flexibility index (Phi) is 10.3. The van der Waals surface area contributed by atoms with Crippen LogP contribution in [0.4, 0.5) is 11.4 Å². The van der Waals surface area contributed by atoms with Crippen molar-refractivity contribution < 1.29 is 18.4 Å². The summed E-state index contributed by atoms with van der Waals surface area (Å²) in [6.45, 7) is 11.5. The van der Waals surface area contributed by atoms with Gasteiger partial charge in [-0.25, -0.2) is 0 Å². The zero-order valence-corrected chi connectivity index (χ0v) is 24.8. The molecule has 3 aromatic carbocycles. The van der Waals surface area contributed by atoms with E-state index in [9.17, 15) is 9.36 Å². The highest BCUT2D eigenvalue weighted by molar-refractivity contribution is 7.62. The summed E-state index contributed by atoms with van der Waals surface area (Å²) in [5, 5.41) is 6.91. The van der Waals surface area contributed by atoms with Crippen molar-refractivity contribution in [2.75, 3.05) is 36.9 Å². The molecule has 4 rings (SSSR count). The van der Waals surface area contributed by atoms with Crippen LogP contribution in [0, 0.1) is 0 Å². The molecule has 1 heterocycles. The minimum Gasteiger partial charge on any atom is -0.354 e. The second kappa shape index (κ2) is 13.9. The molecule has 40 heavy (non-hydrogen) atoms. The number of fused-ring (bicyclic) bond motifs is 1. The zero-order chi connectivity index (χ0) is 28.5. The third-order valence-corrected chi connectivity index (χ3v) is 8.79. The number of benzene rings is 3. The van der Waals surface area contributed by atoms with Crippen LogP contribution in [0.15, 0.2) is 72.8 Å². The van der Waals surface area contributed by atoms with Gasteiger partial charge in [0.15, 0.2) is 0 Å². The predicted octanol–water partition coefficient (Wildman–Crippen LogP) is 7.13. The fourth-order valence-electron chi connectivity index (χ4n) is 4.98. The summed E-state index contributed by atoms with van der Waals surface area (Å²) in [4.78, 5) is 15.9. The molecule has 0 aromatic heterocycles. The predicted molar refractivity (Wildman–Crippen MR) is 165 cm³/mol. The maximum atomic E-state index is 13.5. The molecule has 3 aromatic rings. The van der Waals surface area contributed by atoms with Crippen molar-refractivity contribution in [3.63, 3.8) is 0 Å². The first-order valence-corrected chi connectivity index (χ1v) is 15.7. The summed E-state index contributed by atoms with van der Waals surface area (Å²) in [5.41, 5.74) is 5.44. The lowest BCUT2D eigenvalue weighted by Gasteiger charge is -2.21. The van der Waals surface area contributed by atoms with Gasteiger partial charge in [-0.05, 0) is 81.2 Å². The van der Waals surface area contributed by atoms with Gasteiger partial charge in [0.05, 0.1) is 29.8 Å². The Morgan fingerprint density at radius 2 is 1.52 bits per heavy atom. The molecule has 0 fully saturated rings. The largest absolute Gasteiger partial charge is 0.361 e. The highest BCUT2D eigenvalue weighted by Gasteiger charge is 2.33. The van der Waals surface area contributed by atoms with E-state index >= 15 is 0 Å². The van der Waals surface area contributed by atoms with E-state index in [2.05, 4.69) is 53.6 Å². The smallest absolute Gasteiger partial charge is 0.354 e. The molecule has 0 saturated heterocycles. The van der Waals surface area contributed by atoms with Gasteiger partial charge in [0.1, 0.15) is 0 Å². The number of nitrogens with one attached hydrogen (secondary N) is 2. The summed E-state index contributed by atoms with van der Waals surface area (Å²) in [5.74, 6) is -0.229. The fraction of sp³-hybridized carbons (Fsp3) is 0.344. The van der Waals surface area contributed by atoms with Crippen molar-refractivity contribution in [1.29, 1.82) is 0 Å². The van der Waals surface area contributed by atoms with Crippen LogP contribution in [-0.2, 0) is 25.0 Å². The zero-order valence-electron chi connectivity index (χ0n) is 23.9. The highest BCUT2D eigenvalue weighted by atomic mass is 31.2. The maximum absolute atomic E-state index is 13.5. The lowest BCUT2D eigenvalue weighted by Crippen LogP contribution is -2.24. The topological polar surface area (TPSA) is 79.9 Å². The van der Waals surface area contributed by atoms with E-state index in [4.69, 9.17) is 9.05 Å². The molecule has 7 nitrogen and oxygen atoms in total. The molecule has 0 aliphatic carbocycles. The Hall–Kier alpha value is -3.22. The van der Waals surface area contributed by atoms with E-state index in [0.717, 1.165) is 43.7 Å². The van der Waals surface area contributed by atoms with Gasteiger partial charge in [-0.1, -0.05) is 56.3 Å². The minimum atomic E-state index is -3.53. The van der Waals surface area contributed by atoms with Crippen LogP contribution < -0.4 is 15.9 Å². The van der Waals surface area contributed by atoms with Gasteiger partial charge in [0.25, 0.3) is 5.91 Å². The third kappa shape index (κ3) is 6.91. The molecule has 2 N–H and O–H groups in total. The van der Waals surface area contributed by atoms with E-state index in [1.165, 1.54) is 5.56 Å². The van der Waals surface area contributed by atoms with E-state index < -0.39 is 7.60 Å². The van der Waals surface area contributed by atoms with Gasteiger partial charge in [0, 0.05) is 23.5 Å². The average Bonchev–Trinajstić information content (AvgIpc) is 3.28. The Morgan fingerprint density at radius 3 is 2.12 bits per heavy atom. The molecule has 212 valence electrons. The van der Waals surface area contributed by atoms with Gasteiger partial charge in [-0.2, -0.15) is 0 Å². The summed E-state index contributed by atoms with van der Waals surface area (Å²) in [6.07, 6.45) is 2.26. The number of anilines is 2. The molecular formula is C32H40N3O4P. The molecule has 0 spiro atoms. The minimum absolute atomic E-state index is 0.229. The molecule has 1 aliphatic heterocycles. The van der Waals surface area contributed by atoms with Crippen LogP contribution in [0.2, 0.25) is 0 Å². The Balaban J connectivity index is 1.74. The second-order valence-electron chi connectivity index (χ2n) is 9.73. The van der Waals surface area contributed by atoms with E-state index in [1.807, 2.05) is 30.3 Å². The number of hydrogen-bond donors (Lipinski definition) is 2. The quantitative estimate of drug-likeness (QED) is 0.161. The molecular weight excluding hydrogens is 521 g/mol. The van der Waals surface area contributed by atoms with Crippen LogP contribution in [-0.4, -0.2) is 37.1 Å². The maximum Gasteiger partial charge on any atom is 0.361 e. The van der Waals surface area contributed by atoms with E-state index in [1.54, 1.807) is 32.0 Å². The molecule has 1 amide bonds. The third-order valence-electron chi connectivity index (χ3n) is 6.68. The second-order valence-corrected chi connectivity index (χ2v) is 11.8. The number of carbonyl (C=O) groups is 1. The normalized spacial score (nSPS) is 14.3. The number of rotatable bonds is 14. The summed E-state index contributed by atoms with van der Waals surface area (Å²) in [6, 6.07) is 23.4. The summed E-state index contributed by atoms with van der Waals surface area (Å²) >= 11 is 0. The number of nitrogens with zero attached hydrogens (tertiary/aromatic N) is 1. The Labute approximate surface area is 238 Å². The fourth-order valence-corrected chi connectivity index (χ4v) is 6.58. The van der Waals surface area contributed by atoms with E-state index in [-0.39, 0.29) is 19.1 Å². The Bertz CT molecular complexity index is 1360. The molecule has 0 unspecified atom stereocenters. The van der Waals surface area contributed by atoms with Crippen LogP contribution in [0.3, 0.4) is 0 Å². The average molecular weight is 562 g/mol. The van der Waals surface area contributed by atoms with E-state index in [0.29, 0.717) is 27.8 Å². The first-order chi connectivity index (χ1) is 19.4. The first-order valence-electron chi connectivity index (χ1n) is 14.2. The molecule has 0 atom stereocenters. The van der Waals surface area contributed by atoms with Gasteiger partial charge < -0.3 is 19.7 Å². The van der Waals surface area contributed by atoms with Crippen LogP contribution in [0.25, 0.3) is 11.3 Å². The molecule has 0 bridgehead atoms. The number of carbonyl (C=O) groups excluding carboxylic acids is 1. The van der Waals surface area contributed by atoms with Crippen LogP contribution >= 0.6 is 7.60 Å². The van der Waals surface area contributed by atoms with Gasteiger partial charge in [-0.3, -0.25) is 14.3 Å². The molecule has 8 heteroatoms. The van der Waals surface area contributed by atoms with Gasteiger partial charge in [0.2, 0.25) is 0 Å². The Morgan fingerprint density at radius 1 is 0.875 bits per heavy atom. The SMILES string of the molecule is CCCN(CCC)Cc1ccc(N/C(=C2\C(=O)Nc3ccc(P(=O)(OCC)OCC)cc32)c2ccccc2)cc1. The van der Waals surface area contributed by atoms with Gasteiger partial charge in [-0.15, -0.1) is 0 Å². The van der Waals surface area contributed by atoms with Gasteiger partial charge >= 0.3 is 7.60 Å².